The number of nitrogens with zero attached hydrogens (tertiary/aromatic N) is 3. The van der Waals surface area contributed by atoms with Crippen LogP contribution in [0.3, 0.4) is 0 Å². The minimum Gasteiger partial charge on any atom is -0.493 e. The van der Waals surface area contributed by atoms with Gasteiger partial charge in [0.2, 0.25) is 5.96 Å². The summed E-state index contributed by atoms with van der Waals surface area (Å²) < 4.78 is 18.5. The number of rotatable bonds is 8. The zero-order valence-corrected chi connectivity index (χ0v) is 13.8. The molecule has 1 aromatic carbocycles. The van der Waals surface area contributed by atoms with Crippen molar-refractivity contribution >= 4 is 11.6 Å². The summed E-state index contributed by atoms with van der Waals surface area (Å²) in [6, 6.07) is 9.69. The number of nitrogens with one attached hydrogen (secondary N) is 2. The van der Waals surface area contributed by atoms with Crippen LogP contribution in [0, 0.1) is 17.3 Å². The molecule has 1 aromatic heterocycles. The number of halogens is 1. The van der Waals surface area contributed by atoms with E-state index < -0.39 is 0 Å². The van der Waals surface area contributed by atoms with Gasteiger partial charge < -0.3 is 10.1 Å². The van der Waals surface area contributed by atoms with Crippen LogP contribution in [0.25, 0.3) is 0 Å². The third-order valence-electron chi connectivity index (χ3n) is 3.25. The van der Waals surface area contributed by atoms with Gasteiger partial charge in [0, 0.05) is 30.7 Å². The number of pyridine rings is 1. The normalized spacial score (nSPS) is 10.8. The molecular formula is C18H20FN5O. The monoisotopic (exact) mass is 341 g/mol. The smallest absolute Gasteiger partial charge is 0.209 e. The fourth-order valence-electron chi connectivity index (χ4n) is 2.06. The van der Waals surface area contributed by atoms with Crippen LogP contribution in [0.5, 0.6) is 5.75 Å². The van der Waals surface area contributed by atoms with Crippen LogP contribution in [0.4, 0.5) is 10.1 Å². The molecule has 2 aromatic rings. The predicted molar refractivity (Wildman–Crippen MR) is 94.7 cm³/mol. The van der Waals surface area contributed by atoms with Crippen molar-refractivity contribution < 1.29 is 9.13 Å². The molecule has 7 heteroatoms. The zero-order chi connectivity index (χ0) is 17.7. The fourth-order valence-corrected chi connectivity index (χ4v) is 2.06. The number of nitriles is 1. The number of anilines is 1. The molecular weight excluding hydrogens is 321 g/mol. The molecule has 0 spiro atoms. The molecule has 0 saturated heterocycles. The maximum atomic E-state index is 13.0. The summed E-state index contributed by atoms with van der Waals surface area (Å²) in [7, 11) is 0. The lowest BCUT2D eigenvalue weighted by atomic mass is 10.2. The maximum absolute atomic E-state index is 13.0. The van der Waals surface area contributed by atoms with Crippen molar-refractivity contribution in [1.29, 1.82) is 5.26 Å². The van der Waals surface area contributed by atoms with Gasteiger partial charge >= 0.3 is 0 Å². The second-order valence-electron chi connectivity index (χ2n) is 5.19. The van der Waals surface area contributed by atoms with Gasteiger partial charge in [0.1, 0.15) is 11.6 Å². The van der Waals surface area contributed by atoms with Gasteiger partial charge in [-0.05, 0) is 43.5 Å². The van der Waals surface area contributed by atoms with Gasteiger partial charge in [-0.2, -0.15) is 5.26 Å². The van der Waals surface area contributed by atoms with Crippen LogP contribution in [0.1, 0.15) is 19.3 Å². The van der Waals surface area contributed by atoms with E-state index in [1.807, 2.05) is 6.19 Å². The van der Waals surface area contributed by atoms with Crippen LogP contribution in [-0.2, 0) is 0 Å². The topological polar surface area (TPSA) is 82.3 Å². The Hall–Kier alpha value is -3.14. The van der Waals surface area contributed by atoms with Crippen LogP contribution in [0.15, 0.2) is 53.8 Å². The summed E-state index contributed by atoms with van der Waals surface area (Å²) in [5.41, 5.74) is 0.806. The molecule has 0 unspecified atom stereocenters. The summed E-state index contributed by atoms with van der Waals surface area (Å²) >= 11 is 0. The Morgan fingerprint density at radius 3 is 2.80 bits per heavy atom. The second-order valence-corrected chi connectivity index (χ2v) is 5.19. The highest BCUT2D eigenvalue weighted by Gasteiger charge is 1.99. The van der Waals surface area contributed by atoms with E-state index in [0.29, 0.717) is 24.9 Å². The molecule has 25 heavy (non-hydrogen) atoms. The van der Waals surface area contributed by atoms with E-state index in [-0.39, 0.29) is 5.82 Å². The molecule has 6 nitrogen and oxygen atoms in total. The standard InChI is InChI=1S/C18H20FN5O/c19-15-5-4-6-17(13-15)25-12-3-1-2-9-22-18(23-14-20)24-16-7-10-21-11-8-16/h4-8,10-11,13H,1-3,9,12H2,(H2,21,22,23,24). The van der Waals surface area contributed by atoms with Gasteiger partial charge in [0.05, 0.1) is 6.61 Å². The van der Waals surface area contributed by atoms with E-state index in [0.717, 1.165) is 24.9 Å². The Morgan fingerprint density at radius 2 is 2.04 bits per heavy atom. The first-order valence-corrected chi connectivity index (χ1v) is 8.03. The van der Waals surface area contributed by atoms with E-state index >= 15 is 0 Å². The lowest BCUT2D eigenvalue weighted by Crippen LogP contribution is -2.27. The third kappa shape index (κ3) is 7.31. The van der Waals surface area contributed by atoms with Crippen LogP contribution >= 0.6 is 0 Å². The maximum Gasteiger partial charge on any atom is 0.209 e. The Balaban J connectivity index is 1.65. The molecule has 130 valence electrons. The average molecular weight is 341 g/mol. The van der Waals surface area contributed by atoms with E-state index in [2.05, 4.69) is 20.6 Å². The number of ether oxygens (including phenoxy) is 1. The van der Waals surface area contributed by atoms with Gasteiger partial charge in [-0.3, -0.25) is 15.3 Å². The van der Waals surface area contributed by atoms with Gasteiger partial charge in [-0.1, -0.05) is 6.07 Å². The van der Waals surface area contributed by atoms with Crippen molar-refractivity contribution in [3.63, 3.8) is 0 Å². The quantitative estimate of drug-likeness (QED) is 0.253. The van der Waals surface area contributed by atoms with Gasteiger partial charge in [0.25, 0.3) is 0 Å². The third-order valence-corrected chi connectivity index (χ3v) is 3.25. The SMILES string of the molecule is N#CNC(=NCCCCCOc1cccc(F)c1)Nc1ccncc1. The highest BCUT2D eigenvalue weighted by molar-refractivity contribution is 5.94. The number of aliphatic imine (C=N–C) groups is 1. The summed E-state index contributed by atoms with van der Waals surface area (Å²) in [6.07, 6.45) is 7.82. The number of guanidine groups is 1. The number of hydrogen-bond donors (Lipinski definition) is 2. The van der Waals surface area contributed by atoms with Crippen molar-refractivity contribution in [2.45, 2.75) is 19.3 Å². The summed E-state index contributed by atoms with van der Waals surface area (Å²) in [6.45, 7) is 1.12. The summed E-state index contributed by atoms with van der Waals surface area (Å²) in [5.74, 6) is 0.649. The first-order valence-electron chi connectivity index (χ1n) is 8.03. The number of benzene rings is 1. The largest absolute Gasteiger partial charge is 0.493 e. The van der Waals surface area contributed by atoms with E-state index in [1.54, 1.807) is 36.7 Å². The zero-order valence-electron chi connectivity index (χ0n) is 13.8. The summed E-state index contributed by atoms with van der Waals surface area (Å²) in [5, 5.41) is 14.3. The van der Waals surface area contributed by atoms with Gasteiger partial charge in [-0.25, -0.2) is 4.39 Å². The van der Waals surface area contributed by atoms with Crippen molar-refractivity contribution in [2.24, 2.45) is 4.99 Å². The van der Waals surface area contributed by atoms with Crippen LogP contribution < -0.4 is 15.4 Å². The molecule has 2 rings (SSSR count). The lowest BCUT2D eigenvalue weighted by Gasteiger charge is -2.08. The second kappa shape index (κ2) is 10.6. The number of unbranched alkanes of at least 4 members (excludes halogenated alkanes) is 2. The van der Waals surface area contributed by atoms with E-state index in [1.165, 1.54) is 12.1 Å². The van der Waals surface area contributed by atoms with Crippen molar-refractivity contribution in [2.75, 3.05) is 18.5 Å². The van der Waals surface area contributed by atoms with Crippen molar-refractivity contribution in [3.8, 4) is 11.9 Å². The first kappa shape index (κ1) is 18.2. The molecule has 0 saturated carbocycles. The highest BCUT2D eigenvalue weighted by atomic mass is 19.1. The van der Waals surface area contributed by atoms with Crippen molar-refractivity contribution in [1.82, 2.24) is 10.3 Å². The van der Waals surface area contributed by atoms with Gasteiger partial charge in [0.15, 0.2) is 6.19 Å². The van der Waals surface area contributed by atoms with E-state index in [9.17, 15) is 4.39 Å². The first-order chi connectivity index (χ1) is 12.3. The molecule has 1 heterocycles. The molecule has 0 atom stereocenters. The number of hydrogen-bond acceptors (Lipinski definition) is 4. The Bertz CT molecular complexity index is 715. The minimum absolute atomic E-state index is 0.300. The fraction of sp³-hybridized carbons (Fsp3) is 0.278. The summed E-state index contributed by atoms with van der Waals surface area (Å²) in [4.78, 5) is 8.27. The van der Waals surface area contributed by atoms with Crippen LogP contribution in [-0.4, -0.2) is 24.1 Å². The molecule has 0 aliphatic heterocycles. The molecule has 2 N–H and O–H groups in total. The molecule has 0 amide bonds. The molecule has 0 bridgehead atoms. The predicted octanol–water partition coefficient (Wildman–Crippen LogP) is 3.31. The Labute approximate surface area is 146 Å². The molecule has 0 fully saturated rings. The Kier molecular flexibility index (Phi) is 7.72. The Morgan fingerprint density at radius 1 is 1.20 bits per heavy atom. The minimum atomic E-state index is -0.300. The molecule has 0 aliphatic rings. The number of aromatic nitrogens is 1. The highest BCUT2D eigenvalue weighted by Crippen LogP contribution is 2.12. The molecule has 0 aliphatic carbocycles. The van der Waals surface area contributed by atoms with E-state index in [4.69, 9.17) is 10.00 Å². The van der Waals surface area contributed by atoms with Crippen molar-refractivity contribution in [3.05, 3.63) is 54.6 Å². The molecule has 0 radical (unpaired) electrons. The lowest BCUT2D eigenvalue weighted by molar-refractivity contribution is 0.304. The van der Waals surface area contributed by atoms with Crippen LogP contribution in [0.2, 0.25) is 0 Å². The van der Waals surface area contributed by atoms with Gasteiger partial charge in [-0.15, -0.1) is 0 Å². The average Bonchev–Trinajstić information content (AvgIpc) is 2.62.